The van der Waals surface area contributed by atoms with Gasteiger partial charge in [0.15, 0.2) is 0 Å². The smallest absolute Gasteiger partial charge is 0.331 e. The van der Waals surface area contributed by atoms with Crippen LogP contribution in [0.5, 0.6) is 11.5 Å². The summed E-state index contributed by atoms with van der Waals surface area (Å²) >= 11 is 0. The fraction of sp³-hybridized carbons (Fsp3) is 0.111. The number of rotatable bonds is 2. The van der Waals surface area contributed by atoms with Crippen LogP contribution in [0.25, 0.3) is 27.8 Å². The van der Waals surface area contributed by atoms with Crippen molar-refractivity contribution in [1.82, 2.24) is 13.7 Å². The van der Waals surface area contributed by atoms with Crippen molar-refractivity contribution in [2.75, 3.05) is 5.32 Å². The van der Waals surface area contributed by atoms with Gasteiger partial charge in [-0.1, -0.05) is 24.3 Å². The van der Waals surface area contributed by atoms with E-state index in [2.05, 4.69) is 5.32 Å². The van der Waals surface area contributed by atoms with E-state index in [0.29, 0.717) is 33.8 Å². The van der Waals surface area contributed by atoms with Crippen molar-refractivity contribution in [3.63, 3.8) is 0 Å². The van der Waals surface area contributed by atoms with Crippen molar-refractivity contribution in [2.24, 2.45) is 14.1 Å². The first-order valence-corrected chi connectivity index (χ1v) is 11.3. The SMILES string of the molecule is Cn1c(=O)c2c(-c3ccccc3F)n3c(c2n(C)c1=O)[C@H](c1ccc(O)cc1O)Nc1ccccc1-3. The molecule has 5 aromatic rings. The lowest BCUT2D eigenvalue weighted by Gasteiger charge is -2.31. The van der Waals surface area contributed by atoms with Crippen LogP contribution in [0.2, 0.25) is 0 Å². The minimum atomic E-state index is -0.735. The standard InChI is InChI=1S/C27H21FN4O4/c1-30-24-21(26(35)31(2)27(30)36)23(15-7-3-4-8-17(15)28)32-19-10-6-5-9-18(19)29-22(25(24)32)16-12-11-14(33)13-20(16)34/h3-13,22,29,33-34H,1-2H3/t22-/m0/s1. The first kappa shape index (κ1) is 21.7. The monoisotopic (exact) mass is 484 g/mol. The first-order chi connectivity index (χ1) is 17.3. The maximum atomic E-state index is 15.3. The number of nitrogens with one attached hydrogen (secondary N) is 1. The maximum Gasteiger partial charge on any atom is 0.331 e. The molecule has 3 heterocycles. The summed E-state index contributed by atoms with van der Waals surface area (Å²) in [5.41, 5.74) is 1.99. The molecule has 0 bridgehead atoms. The maximum absolute atomic E-state index is 15.3. The van der Waals surface area contributed by atoms with Crippen LogP contribution < -0.4 is 16.6 Å². The van der Waals surface area contributed by atoms with Gasteiger partial charge in [-0.05, 0) is 36.4 Å². The number of phenols is 2. The minimum absolute atomic E-state index is 0.110. The summed E-state index contributed by atoms with van der Waals surface area (Å²) in [4.78, 5) is 26.6. The Morgan fingerprint density at radius 1 is 0.917 bits per heavy atom. The molecule has 3 aromatic carbocycles. The van der Waals surface area contributed by atoms with Gasteiger partial charge in [0.25, 0.3) is 5.56 Å². The third kappa shape index (κ3) is 2.86. The summed E-state index contributed by atoms with van der Waals surface area (Å²) in [5, 5.41) is 24.2. The van der Waals surface area contributed by atoms with E-state index in [0.717, 1.165) is 4.57 Å². The summed E-state index contributed by atoms with van der Waals surface area (Å²) in [5.74, 6) is -0.800. The van der Waals surface area contributed by atoms with E-state index in [-0.39, 0.29) is 22.4 Å². The zero-order chi connectivity index (χ0) is 25.3. The lowest BCUT2D eigenvalue weighted by Crippen LogP contribution is -2.37. The van der Waals surface area contributed by atoms with Crippen LogP contribution in [0.15, 0.2) is 76.3 Å². The Labute approximate surface area is 203 Å². The number of aryl methyl sites for hydroxylation is 1. The number of fused-ring (bicyclic) bond motifs is 5. The van der Waals surface area contributed by atoms with Crippen molar-refractivity contribution in [1.29, 1.82) is 0 Å². The summed E-state index contributed by atoms with van der Waals surface area (Å²) in [6, 6.07) is 17.0. The van der Waals surface area contributed by atoms with Crippen LogP contribution in [0, 0.1) is 5.82 Å². The molecule has 3 N–H and O–H groups in total. The average molecular weight is 484 g/mol. The van der Waals surface area contributed by atoms with E-state index in [9.17, 15) is 19.8 Å². The number of halogens is 1. The van der Waals surface area contributed by atoms with Gasteiger partial charge in [-0.25, -0.2) is 9.18 Å². The fourth-order valence-electron chi connectivity index (χ4n) is 5.14. The van der Waals surface area contributed by atoms with Crippen LogP contribution in [-0.4, -0.2) is 23.9 Å². The Morgan fingerprint density at radius 2 is 1.64 bits per heavy atom. The zero-order valence-electron chi connectivity index (χ0n) is 19.4. The van der Waals surface area contributed by atoms with E-state index >= 15 is 4.39 Å². The summed E-state index contributed by atoms with van der Waals surface area (Å²) in [6.45, 7) is 0. The molecule has 0 amide bonds. The molecule has 0 spiro atoms. The molecule has 2 aromatic heterocycles. The van der Waals surface area contributed by atoms with Crippen LogP contribution in [-0.2, 0) is 14.1 Å². The Kier molecular flexibility index (Phi) is 4.59. The quantitative estimate of drug-likeness (QED) is 0.354. The molecule has 8 nitrogen and oxygen atoms in total. The van der Waals surface area contributed by atoms with E-state index in [1.54, 1.807) is 35.9 Å². The van der Waals surface area contributed by atoms with Crippen molar-refractivity contribution in [2.45, 2.75) is 6.04 Å². The lowest BCUT2D eigenvalue weighted by atomic mass is 9.98. The van der Waals surface area contributed by atoms with Gasteiger partial charge in [0.1, 0.15) is 17.3 Å². The van der Waals surface area contributed by atoms with Gasteiger partial charge in [0.2, 0.25) is 0 Å². The molecular weight excluding hydrogens is 463 g/mol. The van der Waals surface area contributed by atoms with Gasteiger partial charge in [-0.2, -0.15) is 0 Å². The number of aromatic nitrogens is 3. The molecule has 0 saturated carbocycles. The molecule has 1 atom stereocenters. The molecule has 9 heteroatoms. The van der Waals surface area contributed by atoms with Gasteiger partial charge in [-0.15, -0.1) is 0 Å². The van der Waals surface area contributed by atoms with E-state index < -0.39 is 23.1 Å². The number of aromatic hydroxyl groups is 2. The molecule has 36 heavy (non-hydrogen) atoms. The van der Waals surface area contributed by atoms with Gasteiger partial charge in [0.05, 0.1) is 39.7 Å². The second-order valence-electron chi connectivity index (χ2n) is 8.82. The van der Waals surface area contributed by atoms with Crippen LogP contribution in [0.3, 0.4) is 0 Å². The zero-order valence-corrected chi connectivity index (χ0v) is 19.4. The molecule has 0 saturated heterocycles. The molecule has 1 aliphatic heterocycles. The highest BCUT2D eigenvalue weighted by Crippen LogP contribution is 2.47. The Morgan fingerprint density at radius 3 is 2.39 bits per heavy atom. The third-order valence-electron chi connectivity index (χ3n) is 6.78. The highest BCUT2D eigenvalue weighted by Gasteiger charge is 2.36. The second-order valence-corrected chi connectivity index (χ2v) is 8.82. The predicted octanol–water partition coefficient (Wildman–Crippen LogP) is 3.76. The van der Waals surface area contributed by atoms with Crippen molar-refractivity contribution < 1.29 is 14.6 Å². The number of anilines is 1. The minimum Gasteiger partial charge on any atom is -0.508 e. The topological polar surface area (TPSA) is 101 Å². The van der Waals surface area contributed by atoms with Gasteiger partial charge in [0, 0.05) is 31.3 Å². The second kappa shape index (κ2) is 7.61. The summed E-state index contributed by atoms with van der Waals surface area (Å²) in [6.07, 6.45) is 0. The third-order valence-corrected chi connectivity index (χ3v) is 6.78. The number of para-hydroxylation sites is 2. The molecular formula is C27H21FN4O4. The molecule has 0 fully saturated rings. The predicted molar refractivity (Wildman–Crippen MR) is 134 cm³/mol. The van der Waals surface area contributed by atoms with Crippen LogP contribution in [0.1, 0.15) is 17.3 Å². The average Bonchev–Trinajstić information content (AvgIpc) is 3.23. The van der Waals surface area contributed by atoms with Crippen LogP contribution in [0.4, 0.5) is 10.1 Å². The van der Waals surface area contributed by atoms with E-state index in [1.807, 2.05) is 24.3 Å². The fourth-order valence-corrected chi connectivity index (χ4v) is 5.14. The molecule has 1 aliphatic rings. The van der Waals surface area contributed by atoms with Gasteiger partial charge in [-0.3, -0.25) is 13.9 Å². The number of nitrogens with zero attached hydrogens (tertiary/aromatic N) is 3. The molecule has 0 aliphatic carbocycles. The van der Waals surface area contributed by atoms with Crippen molar-refractivity contribution >= 4 is 16.6 Å². The number of hydrogen-bond acceptors (Lipinski definition) is 5. The largest absolute Gasteiger partial charge is 0.508 e. The highest BCUT2D eigenvalue weighted by atomic mass is 19.1. The van der Waals surface area contributed by atoms with E-state index in [4.69, 9.17) is 0 Å². The normalized spacial score (nSPS) is 14.4. The molecule has 6 rings (SSSR count). The van der Waals surface area contributed by atoms with Crippen molar-refractivity contribution in [3.05, 3.63) is 105 Å². The summed E-state index contributed by atoms with van der Waals surface area (Å²) < 4.78 is 19.5. The molecule has 0 unspecified atom stereocenters. The number of benzene rings is 3. The van der Waals surface area contributed by atoms with Gasteiger partial charge >= 0.3 is 5.69 Å². The Bertz CT molecular complexity index is 1830. The molecule has 0 radical (unpaired) electrons. The first-order valence-electron chi connectivity index (χ1n) is 11.3. The molecule has 180 valence electrons. The van der Waals surface area contributed by atoms with Crippen LogP contribution >= 0.6 is 0 Å². The van der Waals surface area contributed by atoms with Crippen molar-refractivity contribution in [3.8, 4) is 28.4 Å². The number of hydrogen-bond donors (Lipinski definition) is 3. The number of phenolic OH excluding ortho intramolecular Hbond substituents is 2. The highest BCUT2D eigenvalue weighted by molar-refractivity contribution is 5.99. The summed E-state index contributed by atoms with van der Waals surface area (Å²) in [7, 11) is 2.95. The Hall–Kier alpha value is -4.79. The van der Waals surface area contributed by atoms with E-state index in [1.165, 1.54) is 29.8 Å². The lowest BCUT2D eigenvalue weighted by molar-refractivity contribution is 0.444. The van der Waals surface area contributed by atoms with Gasteiger partial charge < -0.3 is 20.1 Å². The Balaban J connectivity index is 1.89.